The highest BCUT2D eigenvalue weighted by molar-refractivity contribution is 5.79. The number of aromatic hydroxyl groups is 1. The fraction of sp³-hybridized carbons (Fsp3) is 0.556. The molecule has 1 aromatic carbocycles. The van der Waals surface area contributed by atoms with Gasteiger partial charge in [-0.3, -0.25) is 9.59 Å². The number of hydrogen-bond donors (Lipinski definition) is 6. The summed E-state index contributed by atoms with van der Waals surface area (Å²) in [5.41, 5.74) is 6.23. The van der Waals surface area contributed by atoms with Gasteiger partial charge in [-0.2, -0.15) is 0 Å². The highest BCUT2D eigenvalue weighted by Gasteiger charge is 2.43. The largest absolute Gasteiger partial charge is 0.504 e. The summed E-state index contributed by atoms with van der Waals surface area (Å²) in [6.45, 7) is -0.117. The number of carbonyl (C=O) groups is 2. The van der Waals surface area contributed by atoms with E-state index in [4.69, 9.17) is 19.9 Å². The lowest BCUT2D eigenvalue weighted by atomic mass is 9.99. The lowest BCUT2D eigenvalue weighted by Gasteiger charge is -2.37. The molecule has 0 amide bonds. The summed E-state index contributed by atoms with van der Waals surface area (Å²) in [7, 11) is 0. The maximum absolute atomic E-state index is 11.9. The number of ether oxygens (including phenoxy) is 3. The van der Waals surface area contributed by atoms with E-state index in [1.165, 1.54) is 12.1 Å². The zero-order valence-corrected chi connectivity index (χ0v) is 15.5. The number of nitrogens with two attached hydrogens (primary N) is 1. The lowest BCUT2D eigenvalue weighted by molar-refractivity contribution is -0.287. The number of phenolic OH excluding ortho intramolecular Hbond substituents is 1. The minimum atomic E-state index is -1.74. The van der Waals surface area contributed by atoms with Crippen LogP contribution in [0.2, 0.25) is 0 Å². The Labute approximate surface area is 166 Å². The molecule has 0 aliphatic carbocycles. The molecule has 0 radical (unpaired) electrons. The molecule has 11 heteroatoms. The number of rotatable bonds is 8. The Morgan fingerprint density at radius 3 is 2.41 bits per heavy atom. The fourth-order valence-electron chi connectivity index (χ4n) is 2.66. The number of aliphatic hydroxyl groups is 4. The summed E-state index contributed by atoms with van der Waals surface area (Å²) >= 11 is 0. The van der Waals surface area contributed by atoms with Gasteiger partial charge in [-0.15, -0.1) is 0 Å². The van der Waals surface area contributed by atoms with E-state index in [-0.39, 0.29) is 24.3 Å². The number of phenols is 1. The Morgan fingerprint density at radius 2 is 1.72 bits per heavy atom. The van der Waals surface area contributed by atoms with Gasteiger partial charge in [0.15, 0.2) is 17.8 Å². The van der Waals surface area contributed by atoms with Gasteiger partial charge in [0.2, 0.25) is 0 Å². The molecule has 1 aromatic rings. The van der Waals surface area contributed by atoms with E-state index in [2.05, 4.69) is 0 Å². The summed E-state index contributed by atoms with van der Waals surface area (Å²) in [6, 6.07) is 4.49. The van der Waals surface area contributed by atoms with E-state index < -0.39 is 49.3 Å². The lowest BCUT2D eigenvalue weighted by Crippen LogP contribution is -2.58. The Bertz CT molecular complexity index is 712. The van der Waals surface area contributed by atoms with Crippen molar-refractivity contribution in [1.29, 1.82) is 0 Å². The van der Waals surface area contributed by atoms with Crippen molar-refractivity contribution in [2.75, 3.05) is 13.2 Å². The summed E-state index contributed by atoms with van der Waals surface area (Å²) in [6.07, 6.45) is -8.07. The van der Waals surface area contributed by atoms with Crippen molar-refractivity contribution in [3.8, 4) is 11.5 Å². The summed E-state index contributed by atoms with van der Waals surface area (Å²) in [5.74, 6) is -1.86. The zero-order valence-electron chi connectivity index (χ0n) is 15.5. The second-order valence-corrected chi connectivity index (χ2v) is 6.53. The topological polar surface area (TPSA) is 189 Å². The van der Waals surface area contributed by atoms with Crippen LogP contribution in [0.25, 0.3) is 0 Å². The van der Waals surface area contributed by atoms with Crippen molar-refractivity contribution < 1.29 is 49.3 Å². The second-order valence-electron chi connectivity index (χ2n) is 6.53. The SMILES string of the molecule is NCCc1ccc(O)c(OC(=O)CCC(=O)OC[C@H]2OC(O)[C@H](O)[C@@H](O)[C@@H]2O)c1. The Balaban J connectivity index is 1.78. The van der Waals surface area contributed by atoms with Gasteiger partial charge in [0.1, 0.15) is 31.0 Å². The standard InChI is InChI=1S/C18H25NO10/c19-6-5-9-1-2-10(20)11(7-9)28-14(22)4-3-13(21)27-8-12-15(23)16(24)17(25)18(26)29-12/h1-2,7,12,15-18,20,23-26H,3-6,8,19H2/t12-,15-,16+,17-,18?/m1/s1. The van der Waals surface area contributed by atoms with E-state index in [1.54, 1.807) is 6.07 Å². The van der Waals surface area contributed by atoms with Gasteiger partial charge in [0.05, 0.1) is 12.8 Å². The molecule has 0 bridgehead atoms. The van der Waals surface area contributed by atoms with Crippen LogP contribution in [0.4, 0.5) is 0 Å². The number of carbonyl (C=O) groups excluding carboxylic acids is 2. The fourth-order valence-corrected chi connectivity index (χ4v) is 2.66. The molecule has 29 heavy (non-hydrogen) atoms. The number of hydrogen-bond acceptors (Lipinski definition) is 11. The number of benzene rings is 1. The molecule has 1 saturated heterocycles. The molecule has 1 fully saturated rings. The summed E-state index contributed by atoms with van der Waals surface area (Å²) in [4.78, 5) is 23.7. The third-order valence-corrected chi connectivity index (χ3v) is 4.31. The molecule has 7 N–H and O–H groups in total. The molecule has 5 atom stereocenters. The average molecular weight is 415 g/mol. The minimum absolute atomic E-state index is 0.0467. The molecule has 11 nitrogen and oxygen atoms in total. The van der Waals surface area contributed by atoms with Crippen molar-refractivity contribution in [2.45, 2.75) is 50.0 Å². The predicted molar refractivity (Wildman–Crippen MR) is 95.6 cm³/mol. The molecule has 1 unspecified atom stereocenters. The third-order valence-electron chi connectivity index (χ3n) is 4.31. The van der Waals surface area contributed by atoms with E-state index in [0.29, 0.717) is 13.0 Å². The molecule has 1 aliphatic heterocycles. The van der Waals surface area contributed by atoms with Crippen LogP contribution in [0.3, 0.4) is 0 Å². The first kappa shape index (κ1) is 23.0. The molecule has 0 saturated carbocycles. The van der Waals surface area contributed by atoms with Crippen LogP contribution >= 0.6 is 0 Å². The Morgan fingerprint density at radius 1 is 1.03 bits per heavy atom. The highest BCUT2D eigenvalue weighted by Crippen LogP contribution is 2.27. The van der Waals surface area contributed by atoms with Crippen molar-refractivity contribution in [3.05, 3.63) is 23.8 Å². The molecule has 0 aromatic heterocycles. The predicted octanol–water partition coefficient (Wildman–Crippen LogP) is -2.08. The van der Waals surface area contributed by atoms with Gasteiger partial charge in [0.25, 0.3) is 0 Å². The van der Waals surface area contributed by atoms with Crippen LogP contribution < -0.4 is 10.5 Å². The minimum Gasteiger partial charge on any atom is -0.504 e. The number of esters is 2. The molecular formula is C18H25NO10. The molecule has 1 heterocycles. The van der Waals surface area contributed by atoms with Crippen LogP contribution in [-0.2, 0) is 25.5 Å². The van der Waals surface area contributed by atoms with Gasteiger partial charge < -0.3 is 45.5 Å². The smallest absolute Gasteiger partial charge is 0.311 e. The van der Waals surface area contributed by atoms with E-state index in [0.717, 1.165) is 5.56 Å². The van der Waals surface area contributed by atoms with Gasteiger partial charge >= 0.3 is 11.9 Å². The maximum Gasteiger partial charge on any atom is 0.311 e. The maximum atomic E-state index is 11.9. The van der Waals surface area contributed by atoms with E-state index >= 15 is 0 Å². The number of aliphatic hydroxyl groups excluding tert-OH is 4. The van der Waals surface area contributed by atoms with E-state index in [1.807, 2.05) is 0 Å². The van der Waals surface area contributed by atoms with Crippen LogP contribution in [0.1, 0.15) is 18.4 Å². The van der Waals surface area contributed by atoms with Gasteiger partial charge in [-0.1, -0.05) is 6.07 Å². The van der Waals surface area contributed by atoms with Crippen LogP contribution in [-0.4, -0.2) is 81.3 Å². The molecule has 2 rings (SSSR count). The molecule has 1 aliphatic rings. The first-order chi connectivity index (χ1) is 13.7. The molecule has 0 spiro atoms. The Hall–Kier alpha value is -2.28. The second kappa shape index (κ2) is 10.5. The average Bonchev–Trinajstić information content (AvgIpc) is 2.69. The van der Waals surface area contributed by atoms with E-state index in [9.17, 15) is 35.1 Å². The van der Waals surface area contributed by atoms with Crippen molar-refractivity contribution in [1.82, 2.24) is 0 Å². The quantitative estimate of drug-likeness (QED) is 0.202. The highest BCUT2D eigenvalue weighted by atomic mass is 16.6. The van der Waals surface area contributed by atoms with Gasteiger partial charge in [-0.05, 0) is 30.7 Å². The van der Waals surface area contributed by atoms with Gasteiger partial charge in [-0.25, -0.2) is 0 Å². The van der Waals surface area contributed by atoms with Crippen LogP contribution in [0.5, 0.6) is 11.5 Å². The monoisotopic (exact) mass is 415 g/mol. The first-order valence-electron chi connectivity index (χ1n) is 8.99. The van der Waals surface area contributed by atoms with Gasteiger partial charge in [0, 0.05) is 0 Å². The van der Waals surface area contributed by atoms with Crippen LogP contribution in [0.15, 0.2) is 18.2 Å². The normalized spacial score (nSPS) is 26.7. The zero-order chi connectivity index (χ0) is 21.6. The van der Waals surface area contributed by atoms with Crippen molar-refractivity contribution >= 4 is 11.9 Å². The summed E-state index contributed by atoms with van der Waals surface area (Å²) < 4.78 is 14.8. The molecular weight excluding hydrogens is 390 g/mol. The van der Waals surface area contributed by atoms with Crippen LogP contribution in [0, 0.1) is 0 Å². The van der Waals surface area contributed by atoms with Crippen molar-refractivity contribution in [3.63, 3.8) is 0 Å². The summed E-state index contributed by atoms with van der Waals surface area (Å²) in [5, 5.41) is 47.9. The molecule has 162 valence electrons. The first-order valence-corrected chi connectivity index (χ1v) is 8.99. The van der Waals surface area contributed by atoms with Crippen molar-refractivity contribution in [2.24, 2.45) is 5.73 Å². The third kappa shape index (κ3) is 6.35. The Kier molecular flexibility index (Phi) is 8.32.